The van der Waals surface area contributed by atoms with Gasteiger partial charge in [-0.15, -0.1) is 0 Å². The van der Waals surface area contributed by atoms with Crippen LogP contribution in [0, 0.1) is 0 Å². The monoisotopic (exact) mass is 364 g/mol. The van der Waals surface area contributed by atoms with Crippen molar-refractivity contribution in [1.82, 2.24) is 0 Å². The number of rotatable bonds is 3. The molecule has 0 unspecified atom stereocenters. The summed E-state index contributed by atoms with van der Waals surface area (Å²) in [5, 5.41) is 30.0. The Morgan fingerprint density at radius 2 is 1.40 bits per heavy atom. The van der Waals surface area contributed by atoms with E-state index < -0.39 is 67.2 Å². The first-order valence-electron chi connectivity index (χ1n) is 8.53. The molecule has 0 saturated carbocycles. The van der Waals surface area contributed by atoms with Crippen LogP contribution in [-0.4, -0.2) is 89.6 Å². The van der Waals surface area contributed by atoms with E-state index in [9.17, 15) is 15.3 Å². The number of aliphatic hydroxyl groups is 3. The van der Waals surface area contributed by atoms with Crippen molar-refractivity contribution in [1.29, 1.82) is 0 Å². The van der Waals surface area contributed by atoms with Crippen molar-refractivity contribution in [2.45, 2.75) is 94.9 Å². The van der Waals surface area contributed by atoms with Crippen molar-refractivity contribution in [2.24, 2.45) is 0 Å². The van der Waals surface area contributed by atoms with Crippen molar-refractivity contribution in [3.8, 4) is 0 Å². The van der Waals surface area contributed by atoms with Gasteiger partial charge in [-0.3, -0.25) is 0 Å². The standard InChI is InChI=1S/C16H28O9/c1-6-8(17)9(18)10(19)14(21-6)23-11-7(2)22-15(20-5)13-12(11)24-16(3,4)25-13/h6-15,17-19H,1-5H3/t6-,7+,8-,9+,10+,11+,12-,13-,14+,15-/m1/s1. The molecule has 25 heavy (non-hydrogen) atoms. The van der Waals surface area contributed by atoms with Crippen LogP contribution < -0.4 is 0 Å². The lowest BCUT2D eigenvalue weighted by Crippen LogP contribution is -2.62. The van der Waals surface area contributed by atoms with E-state index in [1.165, 1.54) is 7.11 Å². The zero-order chi connectivity index (χ0) is 18.5. The van der Waals surface area contributed by atoms with Crippen LogP contribution in [0.3, 0.4) is 0 Å². The molecule has 0 aromatic rings. The first-order chi connectivity index (χ1) is 11.6. The molecule has 0 aromatic carbocycles. The molecule has 3 heterocycles. The van der Waals surface area contributed by atoms with Gasteiger partial charge in [0.05, 0.1) is 12.2 Å². The van der Waals surface area contributed by atoms with E-state index in [2.05, 4.69) is 0 Å². The molecular formula is C16H28O9. The van der Waals surface area contributed by atoms with Crippen LogP contribution in [0.2, 0.25) is 0 Å². The first-order valence-corrected chi connectivity index (χ1v) is 8.53. The molecule has 0 aliphatic carbocycles. The average Bonchev–Trinajstić information content (AvgIpc) is 2.87. The van der Waals surface area contributed by atoms with Gasteiger partial charge in [-0.05, 0) is 27.7 Å². The quantitative estimate of drug-likeness (QED) is 0.586. The Morgan fingerprint density at radius 1 is 0.800 bits per heavy atom. The fraction of sp³-hybridized carbons (Fsp3) is 1.00. The molecule has 3 aliphatic heterocycles. The third kappa shape index (κ3) is 3.58. The van der Waals surface area contributed by atoms with Gasteiger partial charge in [0.25, 0.3) is 0 Å². The molecule has 3 N–H and O–H groups in total. The van der Waals surface area contributed by atoms with Crippen LogP contribution in [0.25, 0.3) is 0 Å². The normalized spacial score (nSPS) is 52.8. The van der Waals surface area contributed by atoms with Crippen molar-refractivity contribution >= 4 is 0 Å². The highest BCUT2D eigenvalue weighted by Gasteiger charge is 2.56. The lowest BCUT2D eigenvalue weighted by atomic mass is 9.97. The van der Waals surface area contributed by atoms with Crippen LogP contribution in [0.4, 0.5) is 0 Å². The Kier molecular flexibility index (Phi) is 5.42. The fourth-order valence-corrected chi connectivity index (χ4v) is 3.57. The summed E-state index contributed by atoms with van der Waals surface area (Å²) in [6.07, 6.45) is -8.43. The largest absolute Gasteiger partial charge is 0.388 e. The van der Waals surface area contributed by atoms with Gasteiger partial charge < -0.3 is 43.7 Å². The van der Waals surface area contributed by atoms with Crippen molar-refractivity contribution < 1.29 is 43.7 Å². The molecule has 0 amide bonds. The third-order valence-corrected chi connectivity index (χ3v) is 4.90. The highest BCUT2D eigenvalue weighted by atomic mass is 16.8. The average molecular weight is 364 g/mol. The highest BCUT2D eigenvalue weighted by Crippen LogP contribution is 2.39. The second-order valence-electron chi connectivity index (χ2n) is 7.29. The minimum Gasteiger partial charge on any atom is -0.388 e. The van der Waals surface area contributed by atoms with Gasteiger partial charge in [0.15, 0.2) is 18.4 Å². The number of ether oxygens (including phenoxy) is 6. The van der Waals surface area contributed by atoms with E-state index in [1.54, 1.807) is 27.7 Å². The summed E-state index contributed by atoms with van der Waals surface area (Å²) >= 11 is 0. The van der Waals surface area contributed by atoms with E-state index in [4.69, 9.17) is 28.4 Å². The van der Waals surface area contributed by atoms with E-state index in [0.717, 1.165) is 0 Å². The van der Waals surface area contributed by atoms with E-state index >= 15 is 0 Å². The molecule has 3 aliphatic rings. The maximum absolute atomic E-state index is 10.2. The Hall–Kier alpha value is -0.360. The van der Waals surface area contributed by atoms with E-state index in [0.29, 0.717) is 0 Å². The summed E-state index contributed by atoms with van der Waals surface area (Å²) in [4.78, 5) is 0. The molecule has 10 atom stereocenters. The van der Waals surface area contributed by atoms with Crippen LogP contribution in [0.5, 0.6) is 0 Å². The summed E-state index contributed by atoms with van der Waals surface area (Å²) in [7, 11) is 1.53. The Bertz CT molecular complexity index is 473. The van der Waals surface area contributed by atoms with Gasteiger partial charge in [-0.1, -0.05) is 0 Å². The molecule has 0 aromatic heterocycles. The van der Waals surface area contributed by atoms with Gasteiger partial charge in [-0.25, -0.2) is 0 Å². The summed E-state index contributed by atoms with van der Waals surface area (Å²) in [6.45, 7) is 6.96. The molecule has 3 saturated heterocycles. The Balaban J connectivity index is 1.77. The number of hydrogen-bond acceptors (Lipinski definition) is 9. The summed E-state index contributed by atoms with van der Waals surface area (Å²) in [5.74, 6) is -0.837. The zero-order valence-corrected chi connectivity index (χ0v) is 15.1. The maximum Gasteiger partial charge on any atom is 0.187 e. The summed E-state index contributed by atoms with van der Waals surface area (Å²) in [5.41, 5.74) is 0. The SMILES string of the molecule is CO[C@@H]1O[C@@H](C)[C@H](O[C@@H]2O[C@H](C)[C@@H](O)[C@H](O)[C@@H]2O)[C@H]2OC(C)(C)O[C@@H]12. The predicted molar refractivity (Wildman–Crippen MR) is 82.4 cm³/mol. The van der Waals surface area contributed by atoms with Gasteiger partial charge in [-0.2, -0.15) is 0 Å². The van der Waals surface area contributed by atoms with E-state index in [1.807, 2.05) is 0 Å². The number of aliphatic hydroxyl groups excluding tert-OH is 3. The smallest absolute Gasteiger partial charge is 0.187 e. The molecule has 9 heteroatoms. The molecule has 3 fully saturated rings. The minimum atomic E-state index is -1.40. The molecule has 9 nitrogen and oxygen atoms in total. The Labute approximate surface area is 146 Å². The van der Waals surface area contributed by atoms with Gasteiger partial charge in [0, 0.05) is 7.11 Å². The number of hydrogen-bond donors (Lipinski definition) is 3. The zero-order valence-electron chi connectivity index (χ0n) is 15.1. The number of fused-ring (bicyclic) bond motifs is 1. The van der Waals surface area contributed by atoms with Crippen LogP contribution in [0.1, 0.15) is 27.7 Å². The van der Waals surface area contributed by atoms with Gasteiger partial charge >= 0.3 is 0 Å². The molecule has 0 radical (unpaired) electrons. The molecular weight excluding hydrogens is 336 g/mol. The molecule has 0 spiro atoms. The molecule has 3 rings (SSSR count). The second kappa shape index (κ2) is 6.99. The number of methoxy groups -OCH3 is 1. The van der Waals surface area contributed by atoms with E-state index in [-0.39, 0.29) is 0 Å². The lowest BCUT2D eigenvalue weighted by molar-refractivity contribution is -0.340. The van der Waals surface area contributed by atoms with Crippen molar-refractivity contribution in [3.05, 3.63) is 0 Å². The van der Waals surface area contributed by atoms with Crippen LogP contribution >= 0.6 is 0 Å². The van der Waals surface area contributed by atoms with Crippen LogP contribution in [-0.2, 0) is 28.4 Å². The van der Waals surface area contributed by atoms with Gasteiger partial charge in [0.2, 0.25) is 0 Å². The maximum atomic E-state index is 10.2. The molecule has 0 bridgehead atoms. The minimum absolute atomic E-state index is 0.432. The van der Waals surface area contributed by atoms with Crippen molar-refractivity contribution in [3.63, 3.8) is 0 Å². The van der Waals surface area contributed by atoms with Crippen LogP contribution in [0.15, 0.2) is 0 Å². The lowest BCUT2D eigenvalue weighted by Gasteiger charge is -2.45. The predicted octanol–water partition coefficient (Wildman–Crippen LogP) is -0.890. The third-order valence-electron chi connectivity index (χ3n) is 4.90. The highest BCUT2D eigenvalue weighted by molar-refractivity contribution is 4.97. The summed E-state index contributed by atoms with van der Waals surface area (Å²) in [6, 6.07) is 0. The fourth-order valence-electron chi connectivity index (χ4n) is 3.57. The van der Waals surface area contributed by atoms with Crippen molar-refractivity contribution in [2.75, 3.05) is 7.11 Å². The molecule has 146 valence electrons. The Morgan fingerprint density at radius 3 is 2.04 bits per heavy atom. The summed E-state index contributed by atoms with van der Waals surface area (Å²) < 4.78 is 34.4. The topological polar surface area (TPSA) is 116 Å². The second-order valence-corrected chi connectivity index (χ2v) is 7.29. The van der Waals surface area contributed by atoms with Gasteiger partial charge in [0.1, 0.15) is 36.6 Å². The first kappa shape index (κ1) is 19.4.